The first-order valence-corrected chi connectivity index (χ1v) is 7.81. The first kappa shape index (κ1) is 14.6. The second-order valence-electron chi connectivity index (χ2n) is 5.08. The number of nitro groups is 1. The summed E-state index contributed by atoms with van der Waals surface area (Å²) in [5.41, 5.74) is 0.880. The largest absolute Gasteiger partial charge is 0.454 e. The van der Waals surface area contributed by atoms with Gasteiger partial charge in [0.05, 0.1) is 27.1 Å². The van der Waals surface area contributed by atoms with Crippen molar-refractivity contribution in [3.8, 4) is 11.5 Å². The SMILES string of the molecule is O=C1Nc2ccccc2S/C1=C\c1cc2c(cc1[N+](=O)[O-])OCO2. The number of hydrogen-bond acceptors (Lipinski definition) is 6. The van der Waals surface area contributed by atoms with Crippen molar-refractivity contribution in [2.24, 2.45) is 0 Å². The summed E-state index contributed by atoms with van der Waals surface area (Å²) in [5, 5.41) is 14.1. The molecule has 0 fully saturated rings. The minimum Gasteiger partial charge on any atom is -0.454 e. The van der Waals surface area contributed by atoms with Crippen molar-refractivity contribution in [1.29, 1.82) is 0 Å². The summed E-state index contributed by atoms with van der Waals surface area (Å²) in [4.78, 5) is 24.3. The normalized spacial score (nSPS) is 16.7. The molecular weight excluding hydrogens is 332 g/mol. The van der Waals surface area contributed by atoms with Gasteiger partial charge in [-0.15, -0.1) is 0 Å². The van der Waals surface area contributed by atoms with Crippen LogP contribution in [0, 0.1) is 10.1 Å². The molecule has 2 aromatic carbocycles. The molecule has 0 unspecified atom stereocenters. The second kappa shape index (κ2) is 5.57. The van der Waals surface area contributed by atoms with E-state index in [1.165, 1.54) is 30.0 Å². The topological polar surface area (TPSA) is 90.7 Å². The number of thioether (sulfide) groups is 1. The highest BCUT2D eigenvalue weighted by Gasteiger charge is 2.25. The van der Waals surface area contributed by atoms with Gasteiger partial charge in [-0.25, -0.2) is 0 Å². The van der Waals surface area contributed by atoms with Gasteiger partial charge in [-0.1, -0.05) is 23.9 Å². The van der Waals surface area contributed by atoms with Gasteiger partial charge >= 0.3 is 0 Å². The van der Waals surface area contributed by atoms with Gasteiger partial charge < -0.3 is 14.8 Å². The van der Waals surface area contributed by atoms with E-state index in [2.05, 4.69) is 5.32 Å². The predicted molar refractivity (Wildman–Crippen MR) is 88.1 cm³/mol. The van der Waals surface area contributed by atoms with E-state index in [0.717, 1.165) is 10.6 Å². The zero-order valence-electron chi connectivity index (χ0n) is 12.1. The number of nitro benzene ring substituents is 1. The van der Waals surface area contributed by atoms with Gasteiger partial charge in [0.2, 0.25) is 6.79 Å². The van der Waals surface area contributed by atoms with Crippen LogP contribution in [-0.4, -0.2) is 17.6 Å². The van der Waals surface area contributed by atoms with Crippen molar-refractivity contribution < 1.29 is 19.2 Å². The minimum absolute atomic E-state index is 0.0229. The summed E-state index contributed by atoms with van der Waals surface area (Å²) < 4.78 is 10.4. The van der Waals surface area contributed by atoms with Crippen molar-refractivity contribution in [3.63, 3.8) is 0 Å². The van der Waals surface area contributed by atoms with Crippen LogP contribution in [0.15, 0.2) is 46.2 Å². The fraction of sp³-hybridized carbons (Fsp3) is 0.0625. The number of carbonyl (C=O) groups excluding carboxylic acids is 1. The molecule has 0 aromatic heterocycles. The highest BCUT2D eigenvalue weighted by Crippen LogP contribution is 2.42. The molecule has 7 nitrogen and oxygen atoms in total. The molecule has 2 aromatic rings. The molecule has 24 heavy (non-hydrogen) atoms. The standard InChI is InChI=1S/C16H10N2O5S/c19-16-15(24-14-4-2-1-3-10(14)17-16)6-9-5-12-13(23-8-22-12)7-11(9)18(20)21/h1-7H,8H2,(H,17,19)/b15-6-. The lowest BCUT2D eigenvalue weighted by Crippen LogP contribution is -2.17. The Balaban J connectivity index is 1.78. The molecule has 4 rings (SSSR count). The summed E-state index contributed by atoms with van der Waals surface area (Å²) >= 11 is 1.27. The number of rotatable bonds is 2. The van der Waals surface area contributed by atoms with Crippen LogP contribution in [0.2, 0.25) is 0 Å². The van der Waals surface area contributed by atoms with Crippen molar-refractivity contribution >= 4 is 35.1 Å². The minimum atomic E-state index is -0.506. The summed E-state index contributed by atoms with van der Waals surface area (Å²) in [6.07, 6.45) is 1.50. The van der Waals surface area contributed by atoms with E-state index in [9.17, 15) is 14.9 Å². The third-order valence-electron chi connectivity index (χ3n) is 3.58. The zero-order valence-corrected chi connectivity index (χ0v) is 13.0. The number of ether oxygens (including phenoxy) is 2. The third-order valence-corrected chi connectivity index (χ3v) is 4.68. The second-order valence-corrected chi connectivity index (χ2v) is 6.17. The van der Waals surface area contributed by atoms with Gasteiger partial charge in [-0.3, -0.25) is 14.9 Å². The van der Waals surface area contributed by atoms with Gasteiger partial charge in [-0.2, -0.15) is 0 Å². The van der Waals surface area contributed by atoms with Crippen molar-refractivity contribution in [2.75, 3.05) is 12.1 Å². The highest BCUT2D eigenvalue weighted by molar-refractivity contribution is 8.04. The molecule has 2 aliphatic heterocycles. The van der Waals surface area contributed by atoms with Crippen LogP contribution in [0.1, 0.15) is 5.56 Å². The number of nitrogens with zero attached hydrogens (tertiary/aromatic N) is 1. The van der Waals surface area contributed by atoms with Gasteiger partial charge in [0.25, 0.3) is 11.6 Å². The molecule has 0 saturated carbocycles. The third kappa shape index (κ3) is 2.46. The Hall–Kier alpha value is -3.00. The fourth-order valence-electron chi connectivity index (χ4n) is 2.46. The van der Waals surface area contributed by atoms with E-state index in [1.54, 1.807) is 6.07 Å². The Morgan fingerprint density at radius 2 is 1.96 bits per heavy atom. The van der Waals surface area contributed by atoms with Gasteiger partial charge in [0.1, 0.15) is 0 Å². The first-order valence-electron chi connectivity index (χ1n) is 7.00. The zero-order chi connectivity index (χ0) is 16.7. The molecule has 0 radical (unpaired) electrons. The van der Waals surface area contributed by atoms with Crippen LogP contribution in [0.4, 0.5) is 11.4 Å². The number of nitrogens with one attached hydrogen (secondary N) is 1. The number of hydrogen-bond donors (Lipinski definition) is 1. The molecule has 120 valence electrons. The van der Waals surface area contributed by atoms with Crippen LogP contribution in [0.25, 0.3) is 6.08 Å². The number of amides is 1. The molecule has 8 heteroatoms. The van der Waals surface area contributed by atoms with E-state index >= 15 is 0 Å². The number of fused-ring (bicyclic) bond motifs is 2. The first-order chi connectivity index (χ1) is 11.6. The van der Waals surface area contributed by atoms with Gasteiger partial charge in [0.15, 0.2) is 11.5 Å². The molecule has 2 aliphatic rings. The Morgan fingerprint density at radius 1 is 1.21 bits per heavy atom. The Labute approximate surface area is 140 Å². The van der Waals surface area contributed by atoms with E-state index in [4.69, 9.17) is 9.47 Å². The summed E-state index contributed by atoms with van der Waals surface area (Å²) in [5.74, 6) is 0.453. The van der Waals surface area contributed by atoms with E-state index in [-0.39, 0.29) is 18.4 Å². The molecule has 0 spiro atoms. The smallest absolute Gasteiger partial charge is 0.280 e. The van der Waals surface area contributed by atoms with Crippen LogP contribution < -0.4 is 14.8 Å². The maximum absolute atomic E-state index is 12.3. The van der Waals surface area contributed by atoms with Crippen LogP contribution >= 0.6 is 11.8 Å². The molecular formula is C16H10N2O5S. The highest BCUT2D eigenvalue weighted by atomic mass is 32.2. The van der Waals surface area contributed by atoms with Crippen LogP contribution in [0.5, 0.6) is 11.5 Å². The molecule has 2 heterocycles. The fourth-order valence-corrected chi connectivity index (χ4v) is 3.41. The van der Waals surface area contributed by atoms with E-state index < -0.39 is 4.92 Å². The van der Waals surface area contributed by atoms with Crippen LogP contribution in [-0.2, 0) is 4.79 Å². The van der Waals surface area contributed by atoms with Gasteiger partial charge in [0, 0.05) is 4.90 Å². The van der Waals surface area contributed by atoms with Crippen molar-refractivity contribution in [1.82, 2.24) is 0 Å². The number of para-hydroxylation sites is 1. The van der Waals surface area contributed by atoms with Crippen molar-refractivity contribution in [2.45, 2.75) is 4.90 Å². The Bertz CT molecular complexity index is 909. The lowest BCUT2D eigenvalue weighted by molar-refractivity contribution is -0.385. The summed E-state index contributed by atoms with van der Waals surface area (Å²) in [6, 6.07) is 10.2. The molecule has 1 amide bonds. The Kier molecular flexibility index (Phi) is 3.39. The molecule has 0 aliphatic carbocycles. The predicted octanol–water partition coefficient (Wildman–Crippen LogP) is 3.41. The van der Waals surface area contributed by atoms with E-state index in [0.29, 0.717) is 22.0 Å². The summed E-state index contributed by atoms with van der Waals surface area (Å²) in [7, 11) is 0. The maximum Gasteiger partial charge on any atom is 0.280 e. The number of anilines is 1. The average Bonchev–Trinajstić information content (AvgIpc) is 3.02. The van der Waals surface area contributed by atoms with Gasteiger partial charge in [-0.05, 0) is 24.3 Å². The maximum atomic E-state index is 12.3. The monoisotopic (exact) mass is 342 g/mol. The molecule has 0 bridgehead atoms. The summed E-state index contributed by atoms with van der Waals surface area (Å²) in [6.45, 7) is 0.0229. The molecule has 0 atom stereocenters. The van der Waals surface area contributed by atoms with E-state index in [1.807, 2.05) is 18.2 Å². The number of carbonyl (C=O) groups is 1. The lowest BCUT2D eigenvalue weighted by atomic mass is 10.1. The molecule has 0 saturated heterocycles. The van der Waals surface area contributed by atoms with Crippen molar-refractivity contribution in [3.05, 3.63) is 57.0 Å². The number of benzene rings is 2. The quantitative estimate of drug-likeness (QED) is 0.511. The Morgan fingerprint density at radius 3 is 2.75 bits per heavy atom. The molecule has 1 N–H and O–H groups in total. The lowest BCUT2D eigenvalue weighted by Gasteiger charge is -2.18. The average molecular weight is 342 g/mol. The van der Waals surface area contributed by atoms with Crippen LogP contribution in [0.3, 0.4) is 0 Å².